The number of hydrogen-bond donors (Lipinski definition) is 1. The minimum atomic E-state index is -0.428. The van der Waals surface area contributed by atoms with Crippen LogP contribution in [0.3, 0.4) is 0 Å². The molecule has 0 aliphatic heterocycles. The van der Waals surface area contributed by atoms with E-state index in [-0.39, 0.29) is 18.1 Å². The zero-order valence-corrected chi connectivity index (χ0v) is 12.1. The van der Waals surface area contributed by atoms with Gasteiger partial charge >= 0.3 is 0 Å². The number of hydrogen-bond acceptors (Lipinski definition) is 4. The standard InChI is InChI=1S/C17H17NO4/c19-11-2-1-6-17(20)14-9-7-13(8-10-14)15-4-3-5-16(12-15)18(21)22/h3-5,7-10,12,19H,1-2,6,11H2. The second kappa shape index (κ2) is 7.47. The number of rotatable bonds is 7. The second-order valence-electron chi connectivity index (χ2n) is 4.99. The number of unbranched alkanes of at least 4 members (excludes halogenated alkanes) is 1. The maximum atomic E-state index is 11.9. The Morgan fingerprint density at radius 2 is 1.77 bits per heavy atom. The van der Waals surface area contributed by atoms with Gasteiger partial charge in [-0.3, -0.25) is 14.9 Å². The van der Waals surface area contributed by atoms with Crippen molar-refractivity contribution in [2.45, 2.75) is 19.3 Å². The van der Waals surface area contributed by atoms with Gasteiger partial charge in [-0.2, -0.15) is 0 Å². The number of aliphatic hydroxyl groups is 1. The Bertz CT molecular complexity index is 665. The summed E-state index contributed by atoms with van der Waals surface area (Å²) in [5.41, 5.74) is 2.23. The molecule has 0 aliphatic rings. The molecule has 0 bridgehead atoms. The number of benzene rings is 2. The first kappa shape index (κ1) is 15.9. The number of carbonyl (C=O) groups excluding carboxylic acids is 1. The number of aliphatic hydroxyl groups excluding tert-OH is 1. The number of Topliss-reactive ketones (excluding diaryl/α,β-unsaturated/α-hetero) is 1. The first-order chi connectivity index (χ1) is 10.6. The quantitative estimate of drug-likeness (QED) is 0.366. The van der Waals surface area contributed by atoms with Gasteiger partial charge in [-0.05, 0) is 24.0 Å². The van der Waals surface area contributed by atoms with Gasteiger partial charge in [0, 0.05) is 30.7 Å². The summed E-state index contributed by atoms with van der Waals surface area (Å²) < 4.78 is 0. The van der Waals surface area contributed by atoms with E-state index in [0.717, 1.165) is 11.1 Å². The molecule has 2 rings (SSSR count). The van der Waals surface area contributed by atoms with Crippen molar-refractivity contribution in [1.82, 2.24) is 0 Å². The highest BCUT2D eigenvalue weighted by Crippen LogP contribution is 2.24. The lowest BCUT2D eigenvalue weighted by Crippen LogP contribution is -1.99. The maximum Gasteiger partial charge on any atom is 0.270 e. The minimum absolute atomic E-state index is 0.0408. The van der Waals surface area contributed by atoms with E-state index in [1.165, 1.54) is 12.1 Å². The summed E-state index contributed by atoms with van der Waals surface area (Å²) in [6.07, 6.45) is 1.70. The summed E-state index contributed by atoms with van der Waals surface area (Å²) in [6.45, 7) is 0.0962. The van der Waals surface area contributed by atoms with Gasteiger partial charge in [0.15, 0.2) is 5.78 Å². The fourth-order valence-corrected chi connectivity index (χ4v) is 2.19. The Labute approximate surface area is 128 Å². The number of ketones is 1. The summed E-state index contributed by atoms with van der Waals surface area (Å²) in [5, 5.41) is 19.5. The molecule has 114 valence electrons. The van der Waals surface area contributed by atoms with Crippen LogP contribution in [0.15, 0.2) is 48.5 Å². The summed E-state index contributed by atoms with van der Waals surface area (Å²) >= 11 is 0. The summed E-state index contributed by atoms with van der Waals surface area (Å²) in [4.78, 5) is 22.3. The van der Waals surface area contributed by atoms with Gasteiger partial charge in [-0.25, -0.2) is 0 Å². The van der Waals surface area contributed by atoms with Gasteiger partial charge in [-0.1, -0.05) is 36.4 Å². The Balaban J connectivity index is 2.13. The molecule has 0 amide bonds. The average Bonchev–Trinajstić information content (AvgIpc) is 2.55. The molecule has 0 saturated heterocycles. The highest BCUT2D eigenvalue weighted by atomic mass is 16.6. The van der Waals surface area contributed by atoms with Crippen LogP contribution < -0.4 is 0 Å². The van der Waals surface area contributed by atoms with Crippen molar-refractivity contribution in [2.75, 3.05) is 6.61 Å². The third-order valence-electron chi connectivity index (χ3n) is 3.41. The monoisotopic (exact) mass is 299 g/mol. The van der Waals surface area contributed by atoms with Crippen molar-refractivity contribution in [3.63, 3.8) is 0 Å². The molecular weight excluding hydrogens is 282 g/mol. The van der Waals surface area contributed by atoms with E-state index < -0.39 is 4.92 Å². The van der Waals surface area contributed by atoms with Gasteiger partial charge < -0.3 is 5.11 Å². The van der Waals surface area contributed by atoms with E-state index in [1.54, 1.807) is 36.4 Å². The lowest BCUT2D eigenvalue weighted by molar-refractivity contribution is -0.384. The highest BCUT2D eigenvalue weighted by Gasteiger charge is 2.09. The van der Waals surface area contributed by atoms with E-state index in [4.69, 9.17) is 5.11 Å². The van der Waals surface area contributed by atoms with Gasteiger partial charge in [-0.15, -0.1) is 0 Å². The van der Waals surface area contributed by atoms with E-state index in [9.17, 15) is 14.9 Å². The van der Waals surface area contributed by atoms with Crippen LogP contribution in [-0.2, 0) is 0 Å². The molecule has 0 aromatic heterocycles. The van der Waals surface area contributed by atoms with Crippen LogP contribution in [0.1, 0.15) is 29.6 Å². The summed E-state index contributed by atoms with van der Waals surface area (Å²) in [6, 6.07) is 13.4. The van der Waals surface area contributed by atoms with Crippen LogP contribution >= 0.6 is 0 Å². The zero-order chi connectivity index (χ0) is 15.9. The molecule has 0 atom stereocenters. The van der Waals surface area contributed by atoms with Crippen molar-refractivity contribution in [3.8, 4) is 11.1 Å². The number of nitrogens with zero attached hydrogens (tertiary/aromatic N) is 1. The average molecular weight is 299 g/mol. The summed E-state index contributed by atoms with van der Waals surface area (Å²) in [7, 11) is 0. The van der Waals surface area contributed by atoms with Crippen LogP contribution in [0.2, 0.25) is 0 Å². The molecule has 0 aliphatic carbocycles. The topological polar surface area (TPSA) is 80.4 Å². The Hall–Kier alpha value is -2.53. The van der Waals surface area contributed by atoms with E-state index in [1.807, 2.05) is 0 Å². The molecule has 2 aromatic carbocycles. The number of carbonyl (C=O) groups is 1. The van der Waals surface area contributed by atoms with Crippen LogP contribution in [-0.4, -0.2) is 22.4 Å². The predicted octanol–water partition coefficient (Wildman–Crippen LogP) is 3.61. The minimum Gasteiger partial charge on any atom is -0.396 e. The third kappa shape index (κ3) is 3.99. The molecule has 22 heavy (non-hydrogen) atoms. The molecule has 1 N–H and O–H groups in total. The first-order valence-electron chi connectivity index (χ1n) is 7.11. The number of nitro benzene ring substituents is 1. The fraction of sp³-hybridized carbons (Fsp3) is 0.235. The third-order valence-corrected chi connectivity index (χ3v) is 3.41. The molecule has 5 heteroatoms. The number of nitro groups is 1. The van der Waals surface area contributed by atoms with Crippen LogP contribution in [0, 0.1) is 10.1 Å². The molecular formula is C17H17NO4. The van der Waals surface area contributed by atoms with Crippen LogP contribution in [0.4, 0.5) is 5.69 Å². The van der Waals surface area contributed by atoms with Gasteiger partial charge in [0.1, 0.15) is 0 Å². The lowest BCUT2D eigenvalue weighted by Gasteiger charge is -2.04. The fourth-order valence-electron chi connectivity index (χ4n) is 2.19. The van der Waals surface area contributed by atoms with Gasteiger partial charge in [0.25, 0.3) is 5.69 Å². The molecule has 0 heterocycles. The Morgan fingerprint density at radius 1 is 1.05 bits per heavy atom. The van der Waals surface area contributed by atoms with Crippen LogP contribution in [0.25, 0.3) is 11.1 Å². The smallest absolute Gasteiger partial charge is 0.270 e. The molecule has 5 nitrogen and oxygen atoms in total. The van der Waals surface area contributed by atoms with Gasteiger partial charge in [0.05, 0.1) is 4.92 Å². The molecule has 0 radical (unpaired) electrons. The van der Waals surface area contributed by atoms with Crippen molar-refractivity contribution in [1.29, 1.82) is 0 Å². The van der Waals surface area contributed by atoms with E-state index >= 15 is 0 Å². The number of non-ortho nitro benzene ring substituents is 1. The van der Waals surface area contributed by atoms with E-state index in [0.29, 0.717) is 24.8 Å². The molecule has 2 aromatic rings. The van der Waals surface area contributed by atoms with Crippen molar-refractivity contribution >= 4 is 11.5 Å². The summed E-state index contributed by atoms with van der Waals surface area (Å²) in [5.74, 6) is 0.0408. The highest BCUT2D eigenvalue weighted by molar-refractivity contribution is 5.96. The van der Waals surface area contributed by atoms with Crippen molar-refractivity contribution in [2.24, 2.45) is 0 Å². The Kier molecular flexibility index (Phi) is 5.38. The molecule has 0 saturated carbocycles. The largest absolute Gasteiger partial charge is 0.396 e. The van der Waals surface area contributed by atoms with Crippen molar-refractivity contribution < 1.29 is 14.8 Å². The first-order valence-corrected chi connectivity index (χ1v) is 7.11. The Morgan fingerprint density at radius 3 is 2.41 bits per heavy atom. The zero-order valence-electron chi connectivity index (χ0n) is 12.1. The van der Waals surface area contributed by atoms with E-state index in [2.05, 4.69) is 0 Å². The lowest BCUT2D eigenvalue weighted by atomic mass is 10.0. The second-order valence-corrected chi connectivity index (χ2v) is 4.99. The molecule has 0 unspecified atom stereocenters. The van der Waals surface area contributed by atoms with Crippen molar-refractivity contribution in [3.05, 3.63) is 64.2 Å². The molecule has 0 fully saturated rings. The molecule has 0 spiro atoms. The van der Waals surface area contributed by atoms with Gasteiger partial charge in [0.2, 0.25) is 0 Å². The van der Waals surface area contributed by atoms with Crippen LogP contribution in [0.5, 0.6) is 0 Å². The normalized spacial score (nSPS) is 10.4. The predicted molar refractivity (Wildman–Crippen MR) is 83.8 cm³/mol. The maximum absolute atomic E-state index is 11.9. The SMILES string of the molecule is O=C(CCCCO)c1ccc(-c2cccc([N+](=O)[O-])c2)cc1.